The summed E-state index contributed by atoms with van der Waals surface area (Å²) in [5, 5.41) is 6.39. The molecule has 0 bridgehead atoms. The van der Waals surface area contributed by atoms with E-state index in [1.54, 1.807) is 22.2 Å². The van der Waals surface area contributed by atoms with Gasteiger partial charge in [0.1, 0.15) is 0 Å². The zero-order valence-electron chi connectivity index (χ0n) is 10.4. The highest BCUT2D eigenvalue weighted by Crippen LogP contribution is 1.82. The van der Waals surface area contributed by atoms with E-state index in [-0.39, 0.29) is 0 Å². The molecule has 0 fully saturated rings. The van der Waals surface area contributed by atoms with Crippen LogP contribution in [-0.4, -0.2) is 55.6 Å². The van der Waals surface area contributed by atoms with E-state index >= 15 is 0 Å². The Labute approximate surface area is 95.6 Å². The zero-order chi connectivity index (χ0) is 12.6. The van der Waals surface area contributed by atoms with Crippen LogP contribution in [0.15, 0.2) is 0 Å². The molecule has 0 aliphatic heterocycles. The van der Waals surface area contributed by atoms with Crippen LogP contribution < -0.4 is 39.1 Å². The molecule has 0 spiro atoms. The molecule has 0 amide bonds. The molecule has 0 rings (SSSR count). The highest BCUT2D eigenvalue weighted by atomic mass is 16.1. The van der Waals surface area contributed by atoms with Crippen LogP contribution in [-0.2, 0) is 0 Å². The Morgan fingerprint density at radius 2 is 1.25 bits per heavy atom. The fourth-order valence-corrected chi connectivity index (χ4v) is 0.553. The van der Waals surface area contributed by atoms with Gasteiger partial charge in [-0.2, -0.15) is 27.7 Å². The number of rotatable bonds is 9. The lowest BCUT2D eigenvalue weighted by molar-refractivity contribution is -0.185. The van der Waals surface area contributed by atoms with Gasteiger partial charge in [-0.15, -0.1) is 10.7 Å². The molecule has 0 atom stereocenters. The van der Waals surface area contributed by atoms with Crippen LogP contribution in [0.3, 0.4) is 0 Å². The summed E-state index contributed by atoms with van der Waals surface area (Å²) in [6.07, 6.45) is 0. The third-order valence-corrected chi connectivity index (χ3v) is 1.53. The third-order valence-electron chi connectivity index (χ3n) is 1.53. The van der Waals surface area contributed by atoms with Crippen molar-refractivity contribution in [2.45, 2.75) is 0 Å². The zero-order valence-corrected chi connectivity index (χ0v) is 10.4. The maximum Gasteiger partial charge on any atom is 0.0207 e. The van der Waals surface area contributed by atoms with Crippen LogP contribution in [0.25, 0.3) is 0 Å². The first-order valence-electron chi connectivity index (χ1n) is 4.59. The van der Waals surface area contributed by atoms with Gasteiger partial charge in [0.15, 0.2) is 0 Å². The van der Waals surface area contributed by atoms with E-state index in [1.807, 2.05) is 28.2 Å². The van der Waals surface area contributed by atoms with E-state index in [2.05, 4.69) is 33.2 Å². The van der Waals surface area contributed by atoms with Crippen molar-refractivity contribution in [1.29, 1.82) is 0 Å². The summed E-state index contributed by atoms with van der Waals surface area (Å²) in [6.45, 7) is 0. The molecule has 0 saturated carbocycles. The van der Waals surface area contributed by atoms with Crippen LogP contribution in [0.4, 0.5) is 0 Å². The minimum Gasteiger partial charge on any atom is -0.238 e. The van der Waals surface area contributed by atoms with E-state index in [0.717, 1.165) is 0 Å². The lowest BCUT2D eigenvalue weighted by atomic mass is 11.1. The van der Waals surface area contributed by atoms with Gasteiger partial charge in [-0.1, -0.05) is 5.23 Å². The average molecular weight is 237 g/mol. The Morgan fingerprint density at radius 3 is 1.69 bits per heavy atom. The summed E-state index contributed by atoms with van der Waals surface area (Å²) in [7, 11) is 9.18. The molecular formula is C5H23N11. The lowest BCUT2D eigenvalue weighted by Crippen LogP contribution is -2.67. The molecule has 0 radical (unpaired) electrons. The molecular weight excluding hydrogens is 214 g/mol. The maximum absolute atomic E-state index is 5.61. The number of nitrogens with zero attached hydrogens (tertiary/aromatic N) is 4. The first-order valence-corrected chi connectivity index (χ1v) is 4.59. The molecule has 98 valence electrons. The Kier molecular flexibility index (Phi) is 8.44. The predicted molar refractivity (Wildman–Crippen MR) is 60.0 cm³/mol. The Morgan fingerprint density at radius 1 is 0.750 bits per heavy atom. The van der Waals surface area contributed by atoms with Crippen molar-refractivity contribution in [2.24, 2.45) is 5.84 Å². The standard InChI is InChI=1S/C5H23N11/c1-13(2)11-9-7-8-10-12-16(6)15(5)14(3)4/h7-12H,6H2,1-5H3. The van der Waals surface area contributed by atoms with Gasteiger partial charge in [-0.05, 0) is 0 Å². The minimum absolute atomic E-state index is 1.24. The molecule has 8 N–H and O–H groups in total. The predicted octanol–water partition coefficient (Wildman–Crippen LogP) is -4.01. The summed E-state index contributed by atoms with van der Waals surface area (Å²) >= 11 is 0. The molecule has 0 aliphatic carbocycles. The van der Waals surface area contributed by atoms with Gasteiger partial charge in [0.2, 0.25) is 0 Å². The molecule has 0 saturated heterocycles. The molecule has 0 aromatic heterocycles. The molecule has 0 heterocycles. The van der Waals surface area contributed by atoms with Crippen molar-refractivity contribution in [3.05, 3.63) is 0 Å². The number of nitrogens with two attached hydrogens (primary N) is 1. The van der Waals surface area contributed by atoms with Gasteiger partial charge in [0.25, 0.3) is 0 Å². The Bertz CT molecular complexity index is 160. The van der Waals surface area contributed by atoms with Crippen LogP contribution in [0, 0.1) is 0 Å². The topological polar surface area (TPSA) is 111 Å². The SMILES string of the molecule is CN(C)NNNNNNN(N)N(C)N(C)C. The molecule has 11 heteroatoms. The highest BCUT2D eigenvalue weighted by Gasteiger charge is 2.06. The molecule has 0 unspecified atom stereocenters. The van der Waals surface area contributed by atoms with E-state index < -0.39 is 0 Å². The quantitative estimate of drug-likeness (QED) is 0.121. The van der Waals surface area contributed by atoms with Crippen molar-refractivity contribution in [3.63, 3.8) is 0 Å². The fraction of sp³-hybridized carbons (Fsp3) is 1.00. The second-order valence-electron chi connectivity index (χ2n) is 3.30. The summed E-state index contributed by atoms with van der Waals surface area (Å²) in [6, 6.07) is 0. The molecule has 0 aliphatic rings. The van der Waals surface area contributed by atoms with Crippen molar-refractivity contribution >= 4 is 0 Å². The van der Waals surface area contributed by atoms with Gasteiger partial charge >= 0.3 is 0 Å². The Hall–Kier alpha value is -0.440. The maximum atomic E-state index is 5.61. The molecule has 16 heavy (non-hydrogen) atoms. The van der Waals surface area contributed by atoms with Gasteiger partial charge < -0.3 is 0 Å². The highest BCUT2D eigenvalue weighted by molar-refractivity contribution is 4.27. The van der Waals surface area contributed by atoms with E-state index in [0.29, 0.717) is 0 Å². The summed E-state index contributed by atoms with van der Waals surface area (Å²) in [5.74, 6) is 5.61. The van der Waals surface area contributed by atoms with E-state index in [9.17, 15) is 0 Å². The van der Waals surface area contributed by atoms with Crippen LogP contribution in [0.2, 0.25) is 0 Å². The van der Waals surface area contributed by atoms with Crippen molar-refractivity contribution in [1.82, 2.24) is 53.6 Å². The van der Waals surface area contributed by atoms with Crippen LogP contribution in [0.1, 0.15) is 0 Å². The average Bonchev–Trinajstić information content (AvgIpc) is 2.21. The lowest BCUT2D eigenvalue weighted by Gasteiger charge is -2.32. The normalized spacial score (nSPS) is 12.4. The third kappa shape index (κ3) is 7.80. The van der Waals surface area contributed by atoms with Gasteiger partial charge in [0.05, 0.1) is 0 Å². The smallest absolute Gasteiger partial charge is 0.0207 e. The molecule has 11 nitrogen and oxygen atoms in total. The van der Waals surface area contributed by atoms with Crippen molar-refractivity contribution in [3.8, 4) is 0 Å². The molecule has 0 aromatic rings. The van der Waals surface area contributed by atoms with Gasteiger partial charge in [0, 0.05) is 35.2 Å². The monoisotopic (exact) mass is 237 g/mol. The van der Waals surface area contributed by atoms with Crippen LogP contribution in [0.5, 0.6) is 0 Å². The van der Waals surface area contributed by atoms with Gasteiger partial charge in [-0.3, -0.25) is 0 Å². The second-order valence-corrected chi connectivity index (χ2v) is 3.30. The number of nitrogens with one attached hydrogen (secondary N) is 6. The molecule has 0 aromatic carbocycles. The summed E-state index contributed by atoms with van der Waals surface area (Å²) in [4.78, 5) is 0. The fourth-order valence-electron chi connectivity index (χ4n) is 0.553. The largest absolute Gasteiger partial charge is 0.238 e. The van der Waals surface area contributed by atoms with E-state index in [1.165, 1.54) is 5.23 Å². The van der Waals surface area contributed by atoms with Crippen LogP contribution >= 0.6 is 0 Å². The number of hydrogen-bond donors (Lipinski definition) is 7. The summed E-state index contributed by atoms with van der Waals surface area (Å²) < 4.78 is 0. The number of hydrazine groups is 10. The number of hydrogen-bond acceptors (Lipinski definition) is 11. The van der Waals surface area contributed by atoms with Gasteiger partial charge in [-0.25, -0.2) is 15.9 Å². The second kappa shape index (κ2) is 8.68. The van der Waals surface area contributed by atoms with Crippen molar-refractivity contribution in [2.75, 3.05) is 35.2 Å². The first-order chi connectivity index (χ1) is 7.45. The summed E-state index contributed by atoms with van der Waals surface area (Å²) in [5.41, 5.74) is 15.8. The first kappa shape index (κ1) is 15.6. The Balaban J connectivity index is 3.37. The van der Waals surface area contributed by atoms with E-state index in [4.69, 9.17) is 5.84 Å². The van der Waals surface area contributed by atoms with Crippen molar-refractivity contribution < 1.29 is 0 Å². The minimum atomic E-state index is 1.24.